The lowest BCUT2D eigenvalue weighted by Gasteiger charge is -2.26. The molecule has 1 fully saturated rings. The zero-order chi connectivity index (χ0) is 11.3. The fraction of sp³-hybridized carbons (Fsp3) is 0.909. The molecule has 1 aliphatic heterocycles. The maximum absolute atomic E-state index is 11.7. The SMILES string of the molecule is CCC(C)C(N)C(=O)NC1CCOCC1. The molecule has 1 aliphatic rings. The monoisotopic (exact) mass is 214 g/mol. The molecule has 1 rings (SSSR count). The Morgan fingerprint density at radius 2 is 2.13 bits per heavy atom. The molecule has 2 atom stereocenters. The highest BCUT2D eigenvalue weighted by molar-refractivity contribution is 5.82. The zero-order valence-corrected chi connectivity index (χ0v) is 9.66. The summed E-state index contributed by atoms with van der Waals surface area (Å²) in [6.07, 6.45) is 2.74. The van der Waals surface area contributed by atoms with Crippen molar-refractivity contribution >= 4 is 5.91 Å². The van der Waals surface area contributed by atoms with Crippen molar-refractivity contribution in [3.05, 3.63) is 0 Å². The number of ether oxygens (including phenoxy) is 1. The van der Waals surface area contributed by atoms with Crippen LogP contribution in [0.25, 0.3) is 0 Å². The number of rotatable bonds is 4. The first-order chi connectivity index (χ1) is 7.15. The number of carbonyl (C=O) groups excluding carboxylic acids is 1. The van der Waals surface area contributed by atoms with E-state index in [-0.39, 0.29) is 23.9 Å². The second kappa shape index (κ2) is 6.08. The third-order valence-electron chi connectivity index (χ3n) is 3.13. The molecule has 0 aromatic rings. The molecule has 3 N–H and O–H groups in total. The van der Waals surface area contributed by atoms with Crippen molar-refractivity contribution in [2.45, 2.75) is 45.2 Å². The number of carbonyl (C=O) groups is 1. The summed E-state index contributed by atoms with van der Waals surface area (Å²) in [7, 11) is 0. The van der Waals surface area contributed by atoms with E-state index in [1.807, 2.05) is 13.8 Å². The van der Waals surface area contributed by atoms with Crippen LogP contribution in [0.1, 0.15) is 33.1 Å². The first-order valence-electron chi connectivity index (χ1n) is 5.78. The highest BCUT2D eigenvalue weighted by atomic mass is 16.5. The Balaban J connectivity index is 2.33. The van der Waals surface area contributed by atoms with Gasteiger partial charge in [-0.15, -0.1) is 0 Å². The first-order valence-corrected chi connectivity index (χ1v) is 5.78. The van der Waals surface area contributed by atoms with E-state index in [2.05, 4.69) is 5.32 Å². The third kappa shape index (κ3) is 3.80. The van der Waals surface area contributed by atoms with Gasteiger partial charge in [-0.25, -0.2) is 0 Å². The summed E-state index contributed by atoms with van der Waals surface area (Å²) in [5, 5.41) is 2.99. The summed E-state index contributed by atoms with van der Waals surface area (Å²) in [4.78, 5) is 11.7. The molecule has 0 bridgehead atoms. The van der Waals surface area contributed by atoms with E-state index in [0.717, 1.165) is 32.5 Å². The summed E-state index contributed by atoms with van der Waals surface area (Å²) in [6, 6.07) is -0.126. The van der Waals surface area contributed by atoms with E-state index in [9.17, 15) is 4.79 Å². The average Bonchev–Trinajstić information content (AvgIpc) is 2.28. The summed E-state index contributed by atoms with van der Waals surface area (Å²) in [6.45, 7) is 5.54. The molecule has 88 valence electrons. The van der Waals surface area contributed by atoms with Crippen molar-refractivity contribution in [2.24, 2.45) is 11.7 Å². The van der Waals surface area contributed by atoms with Gasteiger partial charge in [0.2, 0.25) is 5.91 Å². The molecule has 4 heteroatoms. The molecule has 0 saturated carbocycles. The van der Waals surface area contributed by atoms with Crippen LogP contribution in [0.4, 0.5) is 0 Å². The van der Waals surface area contributed by atoms with Crippen LogP contribution in [0.3, 0.4) is 0 Å². The van der Waals surface area contributed by atoms with Gasteiger partial charge in [0.25, 0.3) is 0 Å². The molecular weight excluding hydrogens is 192 g/mol. The molecule has 2 unspecified atom stereocenters. The molecule has 0 aliphatic carbocycles. The number of hydrogen-bond donors (Lipinski definition) is 2. The van der Waals surface area contributed by atoms with Crippen LogP contribution >= 0.6 is 0 Å². The van der Waals surface area contributed by atoms with Crippen LogP contribution in [0.2, 0.25) is 0 Å². The van der Waals surface area contributed by atoms with E-state index in [0.29, 0.717) is 0 Å². The average molecular weight is 214 g/mol. The van der Waals surface area contributed by atoms with Crippen molar-refractivity contribution in [3.8, 4) is 0 Å². The minimum Gasteiger partial charge on any atom is -0.381 e. The normalized spacial score (nSPS) is 22.1. The van der Waals surface area contributed by atoms with Crippen LogP contribution in [-0.4, -0.2) is 31.2 Å². The quantitative estimate of drug-likeness (QED) is 0.722. The minimum atomic E-state index is -0.377. The summed E-state index contributed by atoms with van der Waals surface area (Å²) in [5.74, 6) is 0.223. The van der Waals surface area contributed by atoms with Crippen LogP contribution in [0.15, 0.2) is 0 Å². The Labute approximate surface area is 91.5 Å². The summed E-state index contributed by atoms with van der Waals surface area (Å²) < 4.78 is 5.23. The van der Waals surface area contributed by atoms with Crippen molar-refractivity contribution in [3.63, 3.8) is 0 Å². The van der Waals surface area contributed by atoms with E-state index in [1.54, 1.807) is 0 Å². The lowest BCUT2D eigenvalue weighted by molar-refractivity contribution is -0.124. The van der Waals surface area contributed by atoms with Gasteiger partial charge in [-0.3, -0.25) is 4.79 Å². The van der Waals surface area contributed by atoms with E-state index in [1.165, 1.54) is 0 Å². The summed E-state index contributed by atoms with van der Waals surface area (Å²) in [5.41, 5.74) is 5.85. The maximum atomic E-state index is 11.7. The molecule has 1 saturated heterocycles. The second-order valence-electron chi connectivity index (χ2n) is 4.31. The highest BCUT2D eigenvalue weighted by Crippen LogP contribution is 2.09. The molecule has 1 amide bonds. The van der Waals surface area contributed by atoms with Gasteiger partial charge in [0, 0.05) is 19.3 Å². The van der Waals surface area contributed by atoms with E-state index >= 15 is 0 Å². The first kappa shape index (κ1) is 12.5. The Morgan fingerprint density at radius 1 is 1.53 bits per heavy atom. The van der Waals surface area contributed by atoms with Gasteiger partial charge >= 0.3 is 0 Å². The van der Waals surface area contributed by atoms with Crippen LogP contribution < -0.4 is 11.1 Å². The highest BCUT2D eigenvalue weighted by Gasteiger charge is 2.23. The lowest BCUT2D eigenvalue weighted by atomic mass is 9.98. The fourth-order valence-electron chi connectivity index (χ4n) is 1.65. The van der Waals surface area contributed by atoms with Crippen molar-refractivity contribution in [2.75, 3.05) is 13.2 Å². The van der Waals surface area contributed by atoms with Crippen molar-refractivity contribution in [1.29, 1.82) is 0 Å². The second-order valence-corrected chi connectivity index (χ2v) is 4.31. The minimum absolute atomic E-state index is 0.0174. The predicted octanol–water partition coefficient (Wildman–Crippen LogP) is 0.655. The Morgan fingerprint density at radius 3 is 2.67 bits per heavy atom. The maximum Gasteiger partial charge on any atom is 0.237 e. The third-order valence-corrected chi connectivity index (χ3v) is 3.13. The molecular formula is C11H22N2O2. The van der Waals surface area contributed by atoms with Crippen molar-refractivity contribution < 1.29 is 9.53 Å². The topological polar surface area (TPSA) is 64.4 Å². The van der Waals surface area contributed by atoms with E-state index < -0.39 is 0 Å². The smallest absolute Gasteiger partial charge is 0.237 e. The van der Waals surface area contributed by atoms with Gasteiger partial charge in [0.05, 0.1) is 6.04 Å². The molecule has 0 aromatic heterocycles. The number of nitrogens with two attached hydrogens (primary N) is 1. The molecule has 15 heavy (non-hydrogen) atoms. The Kier molecular flexibility index (Phi) is 5.05. The summed E-state index contributed by atoms with van der Waals surface area (Å²) >= 11 is 0. The number of hydrogen-bond acceptors (Lipinski definition) is 3. The molecule has 1 heterocycles. The van der Waals surface area contributed by atoms with Gasteiger partial charge in [0.15, 0.2) is 0 Å². The van der Waals surface area contributed by atoms with Crippen LogP contribution in [0, 0.1) is 5.92 Å². The zero-order valence-electron chi connectivity index (χ0n) is 9.66. The molecule has 0 aromatic carbocycles. The molecule has 4 nitrogen and oxygen atoms in total. The standard InChI is InChI=1S/C11H22N2O2/c1-3-8(2)10(12)11(14)13-9-4-6-15-7-5-9/h8-10H,3-7,12H2,1-2H3,(H,13,14). The number of amides is 1. The van der Waals surface area contributed by atoms with Gasteiger partial charge in [-0.05, 0) is 18.8 Å². The van der Waals surface area contributed by atoms with E-state index in [4.69, 9.17) is 10.5 Å². The van der Waals surface area contributed by atoms with Crippen LogP contribution in [-0.2, 0) is 9.53 Å². The van der Waals surface area contributed by atoms with Gasteiger partial charge in [-0.1, -0.05) is 20.3 Å². The van der Waals surface area contributed by atoms with Crippen LogP contribution in [0.5, 0.6) is 0 Å². The predicted molar refractivity (Wildman–Crippen MR) is 59.4 cm³/mol. The Hall–Kier alpha value is -0.610. The Bertz CT molecular complexity index is 203. The van der Waals surface area contributed by atoms with Gasteiger partial charge in [0.1, 0.15) is 0 Å². The lowest BCUT2D eigenvalue weighted by Crippen LogP contribution is -2.49. The fourth-order valence-corrected chi connectivity index (χ4v) is 1.65. The largest absolute Gasteiger partial charge is 0.381 e. The van der Waals surface area contributed by atoms with Gasteiger partial charge < -0.3 is 15.8 Å². The number of nitrogens with one attached hydrogen (secondary N) is 1. The van der Waals surface area contributed by atoms with Crippen molar-refractivity contribution in [1.82, 2.24) is 5.32 Å². The molecule has 0 spiro atoms. The van der Waals surface area contributed by atoms with Gasteiger partial charge in [-0.2, -0.15) is 0 Å². The molecule has 0 radical (unpaired) electrons.